The Labute approximate surface area is 397 Å². The molecule has 3 aliphatic rings. The molecular formula is C49H54N8O12. The van der Waals surface area contributed by atoms with Crippen molar-refractivity contribution in [2.45, 2.75) is 37.8 Å². The SMILES string of the molecule is Nc1ncnc2c1c(-c1ccc(Oc3ccccc3)cc1)nn2[C@@H]1CCCN(C(=O)/C=C/COCCOCCOCCOCCOCCOc2cccc3c2C(=O)N(C2CCC(=O)NC2=O)C3=O)C1. The van der Waals surface area contributed by atoms with E-state index in [-0.39, 0.29) is 61.5 Å². The second-order valence-electron chi connectivity index (χ2n) is 16.2. The van der Waals surface area contributed by atoms with Crippen LogP contribution in [0.2, 0.25) is 0 Å². The summed E-state index contributed by atoms with van der Waals surface area (Å²) in [4.78, 5) is 74.8. The van der Waals surface area contributed by atoms with Crippen molar-refractivity contribution in [1.82, 2.24) is 34.9 Å². The lowest BCUT2D eigenvalue weighted by atomic mass is 10.0. The van der Waals surface area contributed by atoms with Gasteiger partial charge in [0, 0.05) is 31.1 Å². The Hall–Kier alpha value is -7.10. The van der Waals surface area contributed by atoms with Gasteiger partial charge in [-0.15, -0.1) is 0 Å². The summed E-state index contributed by atoms with van der Waals surface area (Å²) in [5, 5.41) is 7.84. The van der Waals surface area contributed by atoms with Crippen LogP contribution in [0.3, 0.4) is 0 Å². The van der Waals surface area contributed by atoms with E-state index < -0.39 is 29.7 Å². The Morgan fingerprint density at radius 1 is 0.754 bits per heavy atom. The van der Waals surface area contributed by atoms with E-state index >= 15 is 0 Å². The third kappa shape index (κ3) is 12.1. The van der Waals surface area contributed by atoms with Crippen molar-refractivity contribution in [3.63, 3.8) is 0 Å². The third-order valence-electron chi connectivity index (χ3n) is 11.6. The van der Waals surface area contributed by atoms with Crippen molar-refractivity contribution in [1.29, 1.82) is 0 Å². The van der Waals surface area contributed by atoms with E-state index in [0.29, 0.717) is 94.2 Å². The molecule has 20 nitrogen and oxygen atoms in total. The molecule has 5 heterocycles. The number of hydrogen-bond donors (Lipinski definition) is 2. The van der Waals surface area contributed by atoms with Crippen LogP contribution in [-0.4, -0.2) is 151 Å². The number of aromatic nitrogens is 4. The summed E-state index contributed by atoms with van der Waals surface area (Å²) in [5.74, 6) is -0.456. The Morgan fingerprint density at radius 2 is 1.43 bits per heavy atom. The Bertz CT molecular complexity index is 2620. The average Bonchev–Trinajstić information content (AvgIpc) is 3.88. The van der Waals surface area contributed by atoms with Gasteiger partial charge >= 0.3 is 0 Å². The van der Waals surface area contributed by atoms with Gasteiger partial charge in [-0.05, 0) is 67.8 Å². The van der Waals surface area contributed by atoms with Gasteiger partial charge in [0.05, 0.1) is 88.6 Å². The highest BCUT2D eigenvalue weighted by Crippen LogP contribution is 2.36. The Balaban J connectivity index is 0.651. The molecule has 0 spiro atoms. The maximum Gasteiger partial charge on any atom is 0.266 e. The number of carbonyl (C=O) groups excluding carboxylic acids is 5. The highest BCUT2D eigenvalue weighted by molar-refractivity contribution is 6.24. The zero-order valence-corrected chi connectivity index (χ0v) is 38.0. The molecule has 5 amide bonds. The summed E-state index contributed by atoms with van der Waals surface area (Å²) in [6.45, 7) is 4.59. The van der Waals surface area contributed by atoms with Crippen molar-refractivity contribution < 1.29 is 57.1 Å². The molecule has 0 aliphatic carbocycles. The molecular weight excluding hydrogens is 893 g/mol. The third-order valence-corrected chi connectivity index (χ3v) is 11.6. The van der Waals surface area contributed by atoms with Crippen LogP contribution in [0.4, 0.5) is 5.82 Å². The summed E-state index contributed by atoms with van der Waals surface area (Å²) >= 11 is 0. The number of likely N-dealkylation sites (tertiary alicyclic amines) is 1. The molecule has 0 radical (unpaired) electrons. The van der Waals surface area contributed by atoms with Crippen LogP contribution in [0.5, 0.6) is 17.2 Å². The molecule has 2 aromatic heterocycles. The fraction of sp³-hybridized carbons (Fsp3) is 0.388. The average molecular weight is 947 g/mol. The number of piperidine rings is 2. The van der Waals surface area contributed by atoms with Gasteiger partial charge in [0.2, 0.25) is 17.7 Å². The number of nitrogens with one attached hydrogen (secondary N) is 1. The van der Waals surface area contributed by atoms with E-state index in [1.807, 2.05) is 64.2 Å². The summed E-state index contributed by atoms with van der Waals surface area (Å²) in [6, 6.07) is 20.7. The van der Waals surface area contributed by atoms with Gasteiger partial charge in [0.15, 0.2) is 5.65 Å². The lowest BCUT2D eigenvalue weighted by Gasteiger charge is -2.32. The van der Waals surface area contributed by atoms with E-state index in [1.165, 1.54) is 12.4 Å². The van der Waals surface area contributed by atoms with Crippen LogP contribution in [0.25, 0.3) is 22.3 Å². The van der Waals surface area contributed by atoms with Crippen molar-refractivity contribution >= 4 is 46.4 Å². The number of carbonyl (C=O) groups is 5. The lowest BCUT2D eigenvalue weighted by molar-refractivity contribution is -0.136. The van der Waals surface area contributed by atoms with Crippen LogP contribution in [0.1, 0.15) is 52.4 Å². The monoisotopic (exact) mass is 946 g/mol. The largest absolute Gasteiger partial charge is 0.490 e. The highest BCUT2D eigenvalue weighted by atomic mass is 16.6. The maximum absolute atomic E-state index is 13.2. The van der Waals surface area contributed by atoms with Crippen LogP contribution >= 0.6 is 0 Å². The number of nitrogens with two attached hydrogens (primary N) is 1. The quantitative estimate of drug-likeness (QED) is 0.0502. The molecule has 1 unspecified atom stereocenters. The van der Waals surface area contributed by atoms with Crippen LogP contribution < -0.4 is 20.5 Å². The molecule has 3 aliphatic heterocycles. The summed E-state index contributed by atoms with van der Waals surface area (Å²) in [5.41, 5.74) is 8.75. The van der Waals surface area contributed by atoms with Crippen molar-refractivity contribution in [3.05, 3.63) is 102 Å². The fourth-order valence-electron chi connectivity index (χ4n) is 8.21. The van der Waals surface area contributed by atoms with Crippen LogP contribution in [0.15, 0.2) is 91.3 Å². The molecule has 69 heavy (non-hydrogen) atoms. The first-order valence-corrected chi connectivity index (χ1v) is 22.9. The number of anilines is 1. The number of fused-ring (bicyclic) bond motifs is 2. The molecule has 3 aromatic carbocycles. The summed E-state index contributed by atoms with van der Waals surface area (Å²) < 4.78 is 41.5. The van der Waals surface area contributed by atoms with Crippen molar-refractivity contribution in [2.75, 3.05) is 91.5 Å². The zero-order chi connectivity index (χ0) is 48.0. The molecule has 0 saturated carbocycles. The Kier molecular flexibility index (Phi) is 16.7. The normalized spacial score (nSPS) is 17.2. The fourth-order valence-corrected chi connectivity index (χ4v) is 8.21. The number of nitrogen functional groups attached to an aromatic ring is 1. The van der Waals surface area contributed by atoms with Gasteiger partial charge in [-0.3, -0.25) is 34.2 Å². The predicted octanol–water partition coefficient (Wildman–Crippen LogP) is 4.15. The van der Waals surface area contributed by atoms with Gasteiger partial charge in [-0.25, -0.2) is 14.6 Å². The maximum atomic E-state index is 13.2. The number of benzene rings is 3. The first-order chi connectivity index (χ1) is 33.8. The first kappa shape index (κ1) is 48.4. The van der Waals surface area contributed by atoms with Gasteiger partial charge in [-0.1, -0.05) is 30.3 Å². The molecule has 20 heteroatoms. The minimum atomic E-state index is -1.05. The minimum absolute atomic E-state index is 0.0401. The topological polar surface area (TPSA) is 238 Å². The molecule has 2 fully saturated rings. The second kappa shape index (κ2) is 23.8. The standard InChI is InChI=1S/C49H54N8O12/c50-45-43-44(33-13-15-36(16-14-33)69-35-8-2-1-3-9-35)54-57(46(43)52-32-51-45)34-7-5-19-55(31-34)41(59)12-6-20-63-21-22-64-23-24-65-25-26-66-27-28-67-29-30-68-39-11-4-10-37-42(39)49(62)56(48(37)61)38-17-18-40(58)53-47(38)60/h1-4,6,8-16,32,34,38H,5,7,17-31H2,(H2,50,51,52)(H,53,58,60)/b12-6+/t34-,38?/m1/s1. The first-order valence-electron chi connectivity index (χ1n) is 22.9. The van der Waals surface area contributed by atoms with E-state index in [0.717, 1.165) is 29.1 Å². The number of nitrogens with zero attached hydrogens (tertiary/aromatic N) is 6. The number of para-hydroxylation sites is 1. The van der Waals surface area contributed by atoms with Crippen molar-refractivity contribution in [2.24, 2.45) is 0 Å². The van der Waals surface area contributed by atoms with E-state index in [4.69, 9.17) is 44.0 Å². The minimum Gasteiger partial charge on any atom is -0.490 e. The molecule has 8 rings (SSSR count). The number of hydrogen-bond acceptors (Lipinski definition) is 16. The highest BCUT2D eigenvalue weighted by Gasteiger charge is 2.46. The summed E-state index contributed by atoms with van der Waals surface area (Å²) in [7, 11) is 0. The smallest absolute Gasteiger partial charge is 0.266 e. The molecule has 362 valence electrons. The number of imide groups is 2. The predicted molar refractivity (Wildman–Crippen MR) is 248 cm³/mol. The molecule has 3 N–H and O–H groups in total. The van der Waals surface area contributed by atoms with E-state index in [2.05, 4.69) is 15.3 Å². The second-order valence-corrected chi connectivity index (χ2v) is 16.2. The van der Waals surface area contributed by atoms with E-state index in [9.17, 15) is 24.0 Å². The van der Waals surface area contributed by atoms with Crippen LogP contribution in [0, 0.1) is 0 Å². The zero-order valence-electron chi connectivity index (χ0n) is 38.0. The van der Waals surface area contributed by atoms with Gasteiger partial charge in [0.1, 0.15) is 47.7 Å². The number of rotatable bonds is 24. The molecule has 0 bridgehead atoms. The van der Waals surface area contributed by atoms with Gasteiger partial charge in [-0.2, -0.15) is 5.10 Å². The van der Waals surface area contributed by atoms with E-state index in [1.54, 1.807) is 24.3 Å². The van der Waals surface area contributed by atoms with Gasteiger partial charge < -0.3 is 43.8 Å². The van der Waals surface area contributed by atoms with Crippen LogP contribution in [-0.2, 0) is 38.1 Å². The Morgan fingerprint density at radius 3 is 2.14 bits per heavy atom. The lowest BCUT2D eigenvalue weighted by Crippen LogP contribution is -2.54. The number of amides is 5. The van der Waals surface area contributed by atoms with Gasteiger partial charge in [0.25, 0.3) is 11.8 Å². The summed E-state index contributed by atoms with van der Waals surface area (Å²) in [6.07, 6.45) is 6.42. The molecule has 2 saturated heterocycles. The molecule has 5 aromatic rings. The number of ether oxygens (including phenoxy) is 7. The van der Waals surface area contributed by atoms with Crippen molar-refractivity contribution in [3.8, 4) is 28.5 Å². The molecule has 2 atom stereocenters.